The Hall–Kier alpha value is -0.200. The molecule has 0 aromatic rings. The normalized spacial score (nSPS) is 16.0. The Bertz CT molecular complexity index is 310. The first-order valence-corrected chi connectivity index (χ1v) is 10.3. The molecule has 25 heavy (non-hydrogen) atoms. The third-order valence-electron chi connectivity index (χ3n) is 4.71. The van der Waals surface area contributed by atoms with Gasteiger partial charge >= 0.3 is 5.91 Å². The minimum Gasteiger partial charge on any atom is -0.369 e. The molecule has 5 heteroatoms. The van der Waals surface area contributed by atoms with Gasteiger partial charge in [-0.2, -0.15) is 0 Å². The molecule has 0 heterocycles. The summed E-state index contributed by atoms with van der Waals surface area (Å²) in [6.07, 6.45) is 9.42. The van der Waals surface area contributed by atoms with Crippen molar-refractivity contribution in [1.29, 1.82) is 0 Å². The minimum absolute atomic E-state index is 0.312. The maximum atomic E-state index is 9.82. The van der Waals surface area contributed by atoms with Gasteiger partial charge in [0.1, 0.15) is 0 Å². The van der Waals surface area contributed by atoms with E-state index in [1.54, 1.807) is 6.92 Å². The molecule has 0 aliphatic carbocycles. The van der Waals surface area contributed by atoms with Crippen molar-refractivity contribution < 1.29 is 23.8 Å². The quantitative estimate of drug-likeness (QED) is 0.238. The molecular weight excluding hydrogens is 318 g/mol. The molecule has 0 aromatic carbocycles. The number of unbranched alkanes of at least 4 members (excludes halogenated alkanes) is 7. The van der Waals surface area contributed by atoms with Crippen LogP contribution in [0.3, 0.4) is 0 Å². The van der Waals surface area contributed by atoms with Crippen LogP contribution in [0, 0.1) is 0 Å². The molecule has 0 bridgehead atoms. The third-order valence-corrected chi connectivity index (χ3v) is 4.71. The van der Waals surface area contributed by atoms with Gasteiger partial charge in [0.25, 0.3) is 0 Å². The molecule has 0 rings (SSSR count). The van der Waals surface area contributed by atoms with Crippen LogP contribution in [0.4, 0.5) is 0 Å². The average molecular weight is 363 g/mol. The summed E-state index contributed by atoms with van der Waals surface area (Å²) in [5.74, 6) is -0.972. The Kier molecular flexibility index (Phi) is 13.8. The van der Waals surface area contributed by atoms with Gasteiger partial charge in [0.05, 0.1) is 27.2 Å². The molecule has 5 nitrogen and oxygen atoms in total. The van der Waals surface area contributed by atoms with Gasteiger partial charge in [-0.1, -0.05) is 45.4 Å². The zero-order valence-corrected chi connectivity index (χ0v) is 17.7. The highest BCUT2D eigenvalue weighted by Gasteiger charge is 2.49. The second-order valence-corrected chi connectivity index (χ2v) is 7.38. The van der Waals surface area contributed by atoms with E-state index < -0.39 is 12.2 Å². The SMILES string of the molecule is CCCCCCCCCC[N+](C)(C)C(COCC)(OCC)OC(C)O. The summed E-state index contributed by atoms with van der Waals surface area (Å²) in [5, 5.41) is 9.82. The lowest BCUT2D eigenvalue weighted by molar-refractivity contribution is -0.999. The van der Waals surface area contributed by atoms with E-state index in [4.69, 9.17) is 14.2 Å². The van der Waals surface area contributed by atoms with E-state index in [-0.39, 0.29) is 0 Å². The van der Waals surface area contributed by atoms with E-state index in [0.29, 0.717) is 24.3 Å². The van der Waals surface area contributed by atoms with Crippen molar-refractivity contribution in [3.63, 3.8) is 0 Å². The van der Waals surface area contributed by atoms with Gasteiger partial charge in [-0.3, -0.25) is 9.22 Å². The monoisotopic (exact) mass is 362 g/mol. The fraction of sp³-hybridized carbons (Fsp3) is 1.00. The lowest BCUT2D eigenvalue weighted by Crippen LogP contribution is -2.66. The van der Waals surface area contributed by atoms with Crippen LogP contribution in [0.1, 0.15) is 79.1 Å². The third kappa shape index (κ3) is 9.90. The standard InChI is InChI=1S/C20H44NO4/c1-7-10-11-12-13-14-15-16-17-21(5,6)20(24-9-3,18-23-8-2)25-19(4)22/h19,22H,7-18H2,1-6H3/q+1. The zero-order chi connectivity index (χ0) is 19.2. The molecule has 0 spiro atoms. The fourth-order valence-electron chi connectivity index (χ4n) is 3.14. The molecule has 2 unspecified atom stereocenters. The molecule has 0 amide bonds. The largest absolute Gasteiger partial charge is 0.369 e. The second kappa shape index (κ2) is 13.9. The van der Waals surface area contributed by atoms with Gasteiger partial charge in [0, 0.05) is 6.61 Å². The van der Waals surface area contributed by atoms with Crippen molar-refractivity contribution >= 4 is 0 Å². The Balaban J connectivity index is 4.57. The molecule has 0 fully saturated rings. The van der Waals surface area contributed by atoms with Crippen LogP contribution < -0.4 is 0 Å². The van der Waals surface area contributed by atoms with E-state index in [0.717, 1.165) is 13.0 Å². The first-order chi connectivity index (χ1) is 11.8. The smallest absolute Gasteiger partial charge is 0.345 e. The molecule has 0 saturated heterocycles. The number of hydrogen-bond acceptors (Lipinski definition) is 4. The fourth-order valence-corrected chi connectivity index (χ4v) is 3.14. The molecule has 152 valence electrons. The van der Waals surface area contributed by atoms with Crippen LogP contribution in [0.2, 0.25) is 0 Å². The predicted octanol–water partition coefficient (Wildman–Crippen LogP) is 4.29. The van der Waals surface area contributed by atoms with Crippen molar-refractivity contribution in [2.24, 2.45) is 0 Å². The number of aliphatic hydroxyl groups excluding tert-OH is 1. The number of ether oxygens (including phenoxy) is 3. The second-order valence-electron chi connectivity index (χ2n) is 7.38. The van der Waals surface area contributed by atoms with E-state index in [1.165, 1.54) is 44.9 Å². The Morgan fingerprint density at radius 1 is 0.880 bits per heavy atom. The number of rotatable bonds is 17. The number of likely N-dealkylation sites (N-methyl/N-ethyl adjacent to an activating group) is 1. The number of nitrogens with zero attached hydrogens (tertiary/aromatic N) is 1. The van der Waals surface area contributed by atoms with Crippen molar-refractivity contribution in [3.8, 4) is 0 Å². The maximum Gasteiger partial charge on any atom is 0.345 e. The first-order valence-electron chi connectivity index (χ1n) is 10.3. The van der Waals surface area contributed by atoms with Gasteiger partial charge in [0.2, 0.25) is 0 Å². The lowest BCUT2D eigenvalue weighted by Gasteiger charge is -2.46. The predicted molar refractivity (Wildman–Crippen MR) is 103 cm³/mol. The molecule has 0 aliphatic rings. The Morgan fingerprint density at radius 3 is 1.92 bits per heavy atom. The van der Waals surface area contributed by atoms with Crippen LogP contribution >= 0.6 is 0 Å². The summed E-state index contributed by atoms with van der Waals surface area (Å²) in [5.41, 5.74) is 0. The molecule has 0 saturated carbocycles. The van der Waals surface area contributed by atoms with Crippen molar-refractivity contribution in [3.05, 3.63) is 0 Å². The lowest BCUT2D eigenvalue weighted by atomic mass is 10.1. The first kappa shape index (κ1) is 24.8. The van der Waals surface area contributed by atoms with Crippen LogP contribution in [0.25, 0.3) is 0 Å². The van der Waals surface area contributed by atoms with E-state index in [1.807, 2.05) is 13.8 Å². The highest BCUT2D eigenvalue weighted by Crippen LogP contribution is 2.28. The van der Waals surface area contributed by atoms with E-state index in [9.17, 15) is 5.11 Å². The van der Waals surface area contributed by atoms with Gasteiger partial charge in [-0.15, -0.1) is 0 Å². The molecule has 0 radical (unpaired) electrons. The molecular formula is C20H44NO4+. The maximum absolute atomic E-state index is 9.82. The van der Waals surface area contributed by atoms with Gasteiger partial charge < -0.3 is 14.6 Å². The van der Waals surface area contributed by atoms with E-state index in [2.05, 4.69) is 21.0 Å². The molecule has 2 atom stereocenters. The highest BCUT2D eigenvalue weighted by molar-refractivity contribution is 4.60. The van der Waals surface area contributed by atoms with Crippen LogP contribution in [-0.4, -0.2) is 62.3 Å². The topological polar surface area (TPSA) is 47.9 Å². The Labute approximate surface area is 156 Å². The summed E-state index contributed by atoms with van der Waals surface area (Å²) in [6, 6.07) is 0. The van der Waals surface area contributed by atoms with Crippen molar-refractivity contribution in [1.82, 2.24) is 0 Å². The summed E-state index contributed by atoms with van der Waals surface area (Å²) in [7, 11) is 4.19. The average Bonchev–Trinajstić information content (AvgIpc) is 2.54. The number of aliphatic hydroxyl groups is 1. The summed E-state index contributed by atoms with van der Waals surface area (Å²) >= 11 is 0. The number of hydrogen-bond donors (Lipinski definition) is 1. The molecule has 0 aliphatic heterocycles. The molecule has 0 aromatic heterocycles. The summed E-state index contributed by atoms with van der Waals surface area (Å²) in [6.45, 7) is 10.1. The van der Waals surface area contributed by atoms with Crippen molar-refractivity contribution in [2.45, 2.75) is 91.3 Å². The Morgan fingerprint density at radius 2 is 1.44 bits per heavy atom. The van der Waals surface area contributed by atoms with Crippen LogP contribution in [0.15, 0.2) is 0 Å². The van der Waals surface area contributed by atoms with Crippen LogP contribution in [-0.2, 0) is 14.2 Å². The summed E-state index contributed by atoms with van der Waals surface area (Å²) in [4.78, 5) is 0. The minimum atomic E-state index is -0.972. The van der Waals surface area contributed by atoms with Crippen molar-refractivity contribution in [2.75, 3.05) is 40.5 Å². The summed E-state index contributed by atoms with van der Waals surface area (Å²) < 4.78 is 18.0. The van der Waals surface area contributed by atoms with Gasteiger partial charge in [-0.25, -0.2) is 0 Å². The van der Waals surface area contributed by atoms with E-state index >= 15 is 0 Å². The van der Waals surface area contributed by atoms with Crippen LogP contribution in [0.5, 0.6) is 0 Å². The molecule has 1 N–H and O–H groups in total. The number of quaternary nitrogens is 1. The van der Waals surface area contributed by atoms with Gasteiger partial charge in [0.15, 0.2) is 12.9 Å². The zero-order valence-electron chi connectivity index (χ0n) is 17.7. The highest BCUT2D eigenvalue weighted by atomic mass is 16.8. The van der Waals surface area contributed by atoms with Gasteiger partial charge in [-0.05, 0) is 33.6 Å².